The van der Waals surface area contributed by atoms with Crippen molar-refractivity contribution in [3.8, 4) is 0 Å². The van der Waals surface area contributed by atoms with Crippen LogP contribution in [0.15, 0.2) is 16.9 Å². The minimum absolute atomic E-state index is 0.0183. The number of aryl methyl sites for hydroxylation is 1. The smallest absolute Gasteiger partial charge is 0.267 e. The molecule has 0 aliphatic rings. The number of hydrogen-bond donors (Lipinski definition) is 2. The zero-order chi connectivity index (χ0) is 9.84. The van der Waals surface area contributed by atoms with Gasteiger partial charge in [0, 0.05) is 6.07 Å². The molecule has 0 saturated carbocycles. The highest BCUT2D eigenvalue weighted by Crippen LogP contribution is 1.99. The third-order valence-electron chi connectivity index (χ3n) is 1.34. The van der Waals surface area contributed by atoms with Crippen LogP contribution in [0, 0.1) is 12.3 Å². The Labute approximate surface area is 79.5 Å². The van der Waals surface area contributed by atoms with Crippen LogP contribution < -0.4 is 11.3 Å². The molecule has 0 radical (unpaired) electrons. The zero-order valence-corrected chi connectivity index (χ0v) is 7.97. The number of nitrogens with two attached hydrogens (primary N) is 1. The first kappa shape index (κ1) is 9.79. The normalized spacial score (nSPS) is 9.92. The molecule has 0 amide bonds. The maximum atomic E-state index is 11.2. The molecule has 0 fully saturated rings. The molecule has 0 aliphatic carbocycles. The first-order valence-electron chi connectivity index (χ1n) is 3.61. The van der Waals surface area contributed by atoms with Crippen LogP contribution in [0.4, 0.5) is 0 Å². The molecule has 0 atom stereocenters. The minimum Gasteiger partial charge on any atom is -0.379 e. The van der Waals surface area contributed by atoms with Crippen LogP contribution >= 0.6 is 11.8 Å². The van der Waals surface area contributed by atoms with Gasteiger partial charge < -0.3 is 5.73 Å². The lowest BCUT2D eigenvalue weighted by molar-refractivity contribution is 0.681. The maximum Gasteiger partial charge on any atom is 0.267 e. The van der Waals surface area contributed by atoms with Crippen molar-refractivity contribution in [2.75, 3.05) is 0 Å². The Morgan fingerprint density at radius 1 is 1.77 bits per heavy atom. The van der Waals surface area contributed by atoms with Gasteiger partial charge >= 0.3 is 0 Å². The van der Waals surface area contributed by atoms with Crippen LogP contribution in [0.1, 0.15) is 5.69 Å². The Morgan fingerprint density at radius 2 is 2.46 bits per heavy atom. The summed E-state index contributed by atoms with van der Waals surface area (Å²) in [5, 5.41) is 10.9. The number of hydrogen-bond acceptors (Lipinski definition) is 4. The monoisotopic (exact) mass is 198 g/mol. The molecule has 3 N–H and O–H groups in total. The van der Waals surface area contributed by atoms with E-state index in [1.54, 1.807) is 13.0 Å². The van der Waals surface area contributed by atoms with E-state index in [2.05, 4.69) is 5.10 Å². The molecule has 0 bridgehead atoms. The summed E-state index contributed by atoms with van der Waals surface area (Å²) in [6, 6.07) is 3.10. The van der Waals surface area contributed by atoms with E-state index in [9.17, 15) is 4.79 Å². The SMILES string of the molecule is Cc1ccc(=O)n(CSC(=N)N)n1. The van der Waals surface area contributed by atoms with Gasteiger partial charge in [-0.25, -0.2) is 4.68 Å². The average Bonchev–Trinajstić information content (AvgIpc) is 2.06. The number of thioether (sulfide) groups is 1. The lowest BCUT2D eigenvalue weighted by Gasteiger charge is -2.02. The van der Waals surface area contributed by atoms with Crippen LogP contribution in [-0.2, 0) is 5.88 Å². The van der Waals surface area contributed by atoms with Gasteiger partial charge in [-0.3, -0.25) is 10.2 Å². The van der Waals surface area contributed by atoms with Gasteiger partial charge in [0.25, 0.3) is 5.56 Å². The third-order valence-corrected chi connectivity index (χ3v) is 2.03. The van der Waals surface area contributed by atoms with Gasteiger partial charge in [-0.15, -0.1) is 0 Å². The number of aromatic nitrogens is 2. The van der Waals surface area contributed by atoms with Crippen LogP contribution in [-0.4, -0.2) is 14.9 Å². The average molecular weight is 198 g/mol. The van der Waals surface area contributed by atoms with Crippen LogP contribution in [0.2, 0.25) is 0 Å². The Bertz CT molecular complexity index is 373. The quantitative estimate of drug-likeness (QED) is 0.522. The summed E-state index contributed by atoms with van der Waals surface area (Å²) in [6.45, 7) is 1.80. The van der Waals surface area contributed by atoms with E-state index in [1.807, 2.05) is 0 Å². The maximum absolute atomic E-state index is 11.2. The Morgan fingerprint density at radius 3 is 3.08 bits per heavy atom. The molecule has 1 rings (SSSR count). The van der Waals surface area contributed by atoms with E-state index in [1.165, 1.54) is 10.7 Å². The summed E-state index contributed by atoms with van der Waals surface area (Å²) in [6.07, 6.45) is 0. The highest BCUT2D eigenvalue weighted by Gasteiger charge is 1.98. The van der Waals surface area contributed by atoms with Crippen molar-refractivity contribution in [2.45, 2.75) is 12.8 Å². The van der Waals surface area contributed by atoms with E-state index in [0.29, 0.717) is 0 Å². The van der Waals surface area contributed by atoms with Gasteiger partial charge in [0.15, 0.2) is 5.17 Å². The highest BCUT2D eigenvalue weighted by molar-refractivity contribution is 8.12. The largest absolute Gasteiger partial charge is 0.379 e. The number of nitrogens with one attached hydrogen (secondary N) is 1. The van der Waals surface area contributed by atoms with E-state index >= 15 is 0 Å². The zero-order valence-electron chi connectivity index (χ0n) is 7.15. The third kappa shape index (κ3) is 2.90. The lowest BCUT2D eigenvalue weighted by Crippen LogP contribution is -2.22. The van der Waals surface area contributed by atoms with E-state index in [0.717, 1.165) is 17.5 Å². The van der Waals surface area contributed by atoms with E-state index in [-0.39, 0.29) is 16.6 Å². The molecule has 0 spiro atoms. The van der Waals surface area contributed by atoms with Gasteiger partial charge in [-0.2, -0.15) is 5.10 Å². The van der Waals surface area contributed by atoms with Crippen molar-refractivity contribution in [1.29, 1.82) is 5.41 Å². The van der Waals surface area contributed by atoms with Gasteiger partial charge in [0.1, 0.15) is 0 Å². The molecule has 0 unspecified atom stereocenters. The van der Waals surface area contributed by atoms with E-state index in [4.69, 9.17) is 11.1 Å². The van der Waals surface area contributed by atoms with Crippen LogP contribution in [0.25, 0.3) is 0 Å². The molecule has 1 aromatic rings. The number of amidine groups is 1. The second-order valence-corrected chi connectivity index (χ2v) is 3.44. The van der Waals surface area contributed by atoms with E-state index < -0.39 is 0 Å². The predicted octanol–water partition coefficient (Wildman–Crippen LogP) is 0.136. The van der Waals surface area contributed by atoms with Crippen molar-refractivity contribution in [3.05, 3.63) is 28.2 Å². The second-order valence-electron chi connectivity index (χ2n) is 2.45. The molecule has 1 aromatic heterocycles. The first-order chi connectivity index (χ1) is 6.09. The fourth-order valence-electron chi connectivity index (χ4n) is 0.774. The molecule has 13 heavy (non-hydrogen) atoms. The molecule has 6 heteroatoms. The molecule has 5 nitrogen and oxygen atoms in total. The summed E-state index contributed by atoms with van der Waals surface area (Å²) in [7, 11) is 0. The summed E-state index contributed by atoms with van der Waals surface area (Å²) in [5.41, 5.74) is 5.72. The van der Waals surface area contributed by atoms with Gasteiger partial charge in [0.05, 0.1) is 11.6 Å². The second kappa shape index (κ2) is 4.08. The molecular weight excluding hydrogens is 188 g/mol. The topological polar surface area (TPSA) is 84.8 Å². The molecule has 1 heterocycles. The summed E-state index contributed by atoms with van der Waals surface area (Å²) < 4.78 is 1.28. The van der Waals surface area contributed by atoms with Gasteiger partial charge in [-0.1, -0.05) is 11.8 Å². The van der Waals surface area contributed by atoms with Gasteiger partial charge in [-0.05, 0) is 13.0 Å². The summed E-state index contributed by atoms with van der Waals surface area (Å²) in [4.78, 5) is 11.2. The predicted molar refractivity (Wildman–Crippen MR) is 52.7 cm³/mol. The molecular formula is C7H10N4OS. The Hall–Kier alpha value is -1.30. The fourth-order valence-corrected chi connectivity index (χ4v) is 1.22. The molecule has 0 saturated heterocycles. The minimum atomic E-state index is -0.181. The van der Waals surface area contributed by atoms with Crippen molar-refractivity contribution in [2.24, 2.45) is 5.73 Å². The van der Waals surface area contributed by atoms with Gasteiger partial charge in [0.2, 0.25) is 0 Å². The van der Waals surface area contributed by atoms with Crippen molar-refractivity contribution in [1.82, 2.24) is 9.78 Å². The Balaban J connectivity index is 2.82. The van der Waals surface area contributed by atoms with Crippen molar-refractivity contribution < 1.29 is 0 Å². The summed E-state index contributed by atoms with van der Waals surface area (Å²) >= 11 is 1.07. The number of nitrogens with zero attached hydrogens (tertiary/aromatic N) is 2. The first-order valence-corrected chi connectivity index (χ1v) is 4.60. The standard InChI is InChI=1S/C7H10N4OS/c1-5-2-3-6(12)11(10-5)4-13-7(8)9/h2-3H,4H2,1H3,(H3,8,9). The highest BCUT2D eigenvalue weighted by atomic mass is 32.2. The molecule has 70 valence electrons. The molecule has 0 aromatic carbocycles. The summed E-state index contributed by atoms with van der Waals surface area (Å²) in [5.74, 6) is 0.288. The van der Waals surface area contributed by atoms with Crippen molar-refractivity contribution in [3.63, 3.8) is 0 Å². The van der Waals surface area contributed by atoms with Crippen LogP contribution in [0.5, 0.6) is 0 Å². The Kier molecular flexibility index (Phi) is 3.07. The number of rotatable bonds is 2. The van der Waals surface area contributed by atoms with Crippen molar-refractivity contribution >= 4 is 16.9 Å². The van der Waals surface area contributed by atoms with Crippen LogP contribution in [0.3, 0.4) is 0 Å². The lowest BCUT2D eigenvalue weighted by atomic mass is 10.4. The molecule has 0 aliphatic heterocycles. The fraction of sp³-hybridized carbons (Fsp3) is 0.286.